The van der Waals surface area contributed by atoms with Crippen LogP contribution in [0.4, 0.5) is 0 Å². The number of hydrogen-bond donors (Lipinski definition) is 1. The Labute approximate surface area is 109 Å². The predicted octanol–water partition coefficient (Wildman–Crippen LogP) is 1.90. The Kier molecular flexibility index (Phi) is 3.78. The van der Waals surface area contributed by atoms with Crippen molar-refractivity contribution in [3.8, 4) is 0 Å². The molecule has 1 aliphatic carbocycles. The molecule has 4 heteroatoms. The first-order chi connectivity index (χ1) is 8.44. The van der Waals surface area contributed by atoms with Crippen molar-refractivity contribution < 1.29 is 13.5 Å². The Morgan fingerprint density at radius 2 is 1.89 bits per heavy atom. The van der Waals surface area contributed by atoms with Crippen LogP contribution in [0.2, 0.25) is 0 Å². The molecule has 0 spiro atoms. The standard InChI is InChI=1S/C14H20O3S/c1-18(16,17)11-5-8-13(15)14(9-10-14)12-6-3-2-4-7-12/h2-4,6-7,13,15H,5,8-11H2,1H3. The molecule has 1 aromatic carbocycles. The first kappa shape index (κ1) is 13.6. The Morgan fingerprint density at radius 3 is 2.39 bits per heavy atom. The van der Waals surface area contributed by atoms with E-state index in [9.17, 15) is 13.5 Å². The summed E-state index contributed by atoms with van der Waals surface area (Å²) in [4.78, 5) is 0. The fourth-order valence-electron chi connectivity index (χ4n) is 2.53. The molecular formula is C14H20O3S. The van der Waals surface area contributed by atoms with E-state index in [0.29, 0.717) is 12.8 Å². The minimum Gasteiger partial charge on any atom is -0.392 e. The molecule has 18 heavy (non-hydrogen) atoms. The highest BCUT2D eigenvalue weighted by molar-refractivity contribution is 7.90. The van der Waals surface area contributed by atoms with Gasteiger partial charge in [-0.1, -0.05) is 30.3 Å². The van der Waals surface area contributed by atoms with E-state index in [1.54, 1.807) is 0 Å². The molecule has 1 aliphatic rings. The number of rotatable bonds is 6. The van der Waals surface area contributed by atoms with E-state index in [1.165, 1.54) is 11.8 Å². The minimum absolute atomic E-state index is 0.112. The van der Waals surface area contributed by atoms with E-state index in [4.69, 9.17) is 0 Å². The van der Waals surface area contributed by atoms with Gasteiger partial charge < -0.3 is 5.11 Å². The van der Waals surface area contributed by atoms with Crippen LogP contribution in [0.5, 0.6) is 0 Å². The van der Waals surface area contributed by atoms with Crippen LogP contribution in [0.3, 0.4) is 0 Å². The lowest BCUT2D eigenvalue weighted by Crippen LogP contribution is -2.26. The second-order valence-electron chi connectivity index (χ2n) is 5.31. The largest absolute Gasteiger partial charge is 0.392 e. The molecule has 0 heterocycles. The van der Waals surface area contributed by atoms with E-state index in [1.807, 2.05) is 30.3 Å². The average Bonchev–Trinajstić information content (AvgIpc) is 3.09. The second kappa shape index (κ2) is 5.02. The van der Waals surface area contributed by atoms with Crippen LogP contribution in [-0.2, 0) is 15.3 Å². The number of aliphatic hydroxyl groups excluding tert-OH is 1. The van der Waals surface area contributed by atoms with Crippen molar-refractivity contribution >= 4 is 9.84 Å². The van der Waals surface area contributed by atoms with Crippen molar-refractivity contribution in [3.05, 3.63) is 35.9 Å². The monoisotopic (exact) mass is 268 g/mol. The van der Waals surface area contributed by atoms with E-state index in [2.05, 4.69) is 0 Å². The third kappa shape index (κ3) is 3.12. The molecule has 0 saturated heterocycles. The fraction of sp³-hybridized carbons (Fsp3) is 0.571. The summed E-state index contributed by atoms with van der Waals surface area (Å²) in [6.07, 6.45) is 3.90. The zero-order chi connectivity index (χ0) is 13.2. The maximum atomic E-state index is 11.1. The predicted molar refractivity (Wildman–Crippen MR) is 72.3 cm³/mol. The Bertz CT molecular complexity index is 489. The van der Waals surface area contributed by atoms with Crippen LogP contribution in [-0.4, -0.2) is 31.6 Å². The molecule has 2 rings (SSSR count). The van der Waals surface area contributed by atoms with E-state index < -0.39 is 15.9 Å². The molecule has 1 unspecified atom stereocenters. The minimum atomic E-state index is -2.92. The van der Waals surface area contributed by atoms with Crippen molar-refractivity contribution in [2.45, 2.75) is 37.2 Å². The first-order valence-electron chi connectivity index (χ1n) is 6.35. The molecule has 0 aromatic heterocycles. The summed E-state index contributed by atoms with van der Waals surface area (Å²) in [5.74, 6) is 0.162. The fourth-order valence-corrected chi connectivity index (χ4v) is 3.23. The van der Waals surface area contributed by atoms with Gasteiger partial charge in [0, 0.05) is 17.4 Å². The Morgan fingerprint density at radius 1 is 1.28 bits per heavy atom. The van der Waals surface area contributed by atoms with Crippen LogP contribution in [0.1, 0.15) is 31.2 Å². The highest BCUT2D eigenvalue weighted by Gasteiger charge is 2.49. The van der Waals surface area contributed by atoms with Crippen molar-refractivity contribution in [3.63, 3.8) is 0 Å². The van der Waals surface area contributed by atoms with Crippen molar-refractivity contribution in [2.24, 2.45) is 0 Å². The van der Waals surface area contributed by atoms with Crippen LogP contribution in [0, 0.1) is 0 Å². The lowest BCUT2D eigenvalue weighted by atomic mass is 9.88. The van der Waals surface area contributed by atoms with Gasteiger partial charge in [0.15, 0.2) is 0 Å². The highest BCUT2D eigenvalue weighted by atomic mass is 32.2. The SMILES string of the molecule is CS(=O)(=O)CCCC(O)C1(c2ccccc2)CC1. The maximum Gasteiger partial charge on any atom is 0.147 e. The van der Waals surface area contributed by atoms with Gasteiger partial charge in [-0.05, 0) is 31.2 Å². The zero-order valence-corrected chi connectivity index (χ0v) is 11.5. The van der Waals surface area contributed by atoms with Crippen LogP contribution in [0.15, 0.2) is 30.3 Å². The molecule has 1 atom stereocenters. The van der Waals surface area contributed by atoms with Gasteiger partial charge in [0.2, 0.25) is 0 Å². The zero-order valence-electron chi connectivity index (χ0n) is 10.7. The molecule has 1 N–H and O–H groups in total. The number of aliphatic hydroxyl groups is 1. The number of benzene rings is 1. The van der Waals surface area contributed by atoms with Gasteiger partial charge in [0.05, 0.1) is 6.10 Å². The van der Waals surface area contributed by atoms with E-state index in [0.717, 1.165) is 12.8 Å². The molecular weight excluding hydrogens is 248 g/mol. The normalized spacial score (nSPS) is 19.4. The van der Waals surface area contributed by atoms with Gasteiger partial charge in [-0.2, -0.15) is 0 Å². The summed E-state index contributed by atoms with van der Waals surface area (Å²) >= 11 is 0. The van der Waals surface area contributed by atoms with Crippen molar-refractivity contribution in [2.75, 3.05) is 12.0 Å². The Balaban J connectivity index is 1.95. The third-order valence-corrected chi connectivity index (χ3v) is 4.80. The molecule has 1 aromatic rings. The lowest BCUT2D eigenvalue weighted by Gasteiger charge is -2.22. The quantitative estimate of drug-likeness (QED) is 0.857. The van der Waals surface area contributed by atoms with E-state index in [-0.39, 0.29) is 11.2 Å². The van der Waals surface area contributed by atoms with Gasteiger partial charge in [-0.15, -0.1) is 0 Å². The topological polar surface area (TPSA) is 54.4 Å². The lowest BCUT2D eigenvalue weighted by molar-refractivity contribution is 0.121. The van der Waals surface area contributed by atoms with Crippen LogP contribution >= 0.6 is 0 Å². The third-order valence-electron chi connectivity index (χ3n) is 3.77. The molecule has 0 aliphatic heterocycles. The summed E-state index contributed by atoms with van der Waals surface area (Å²) < 4.78 is 22.1. The molecule has 1 saturated carbocycles. The average molecular weight is 268 g/mol. The molecule has 0 bridgehead atoms. The van der Waals surface area contributed by atoms with Gasteiger partial charge in [-0.3, -0.25) is 0 Å². The number of sulfone groups is 1. The maximum absolute atomic E-state index is 11.1. The summed E-state index contributed by atoms with van der Waals surface area (Å²) in [6, 6.07) is 10.0. The van der Waals surface area contributed by atoms with Crippen molar-refractivity contribution in [1.82, 2.24) is 0 Å². The van der Waals surface area contributed by atoms with Crippen LogP contribution in [0.25, 0.3) is 0 Å². The van der Waals surface area contributed by atoms with Gasteiger partial charge >= 0.3 is 0 Å². The molecule has 0 amide bonds. The smallest absolute Gasteiger partial charge is 0.147 e. The summed E-state index contributed by atoms with van der Waals surface area (Å²) in [5, 5.41) is 10.3. The summed E-state index contributed by atoms with van der Waals surface area (Å²) in [5.41, 5.74) is 1.07. The van der Waals surface area contributed by atoms with Crippen molar-refractivity contribution in [1.29, 1.82) is 0 Å². The van der Waals surface area contributed by atoms with E-state index >= 15 is 0 Å². The molecule has 3 nitrogen and oxygen atoms in total. The molecule has 100 valence electrons. The Hall–Kier alpha value is -0.870. The first-order valence-corrected chi connectivity index (χ1v) is 8.41. The summed E-state index contributed by atoms with van der Waals surface area (Å²) in [7, 11) is -2.92. The highest BCUT2D eigenvalue weighted by Crippen LogP contribution is 2.51. The molecule has 1 fully saturated rings. The van der Waals surface area contributed by atoms with Gasteiger partial charge in [0.1, 0.15) is 9.84 Å². The molecule has 0 radical (unpaired) electrons. The van der Waals surface area contributed by atoms with Crippen LogP contribution < -0.4 is 0 Å². The van der Waals surface area contributed by atoms with Gasteiger partial charge in [-0.25, -0.2) is 8.42 Å². The summed E-state index contributed by atoms with van der Waals surface area (Å²) in [6.45, 7) is 0. The second-order valence-corrected chi connectivity index (χ2v) is 7.57. The number of hydrogen-bond acceptors (Lipinski definition) is 3. The van der Waals surface area contributed by atoms with Gasteiger partial charge in [0.25, 0.3) is 0 Å².